The topological polar surface area (TPSA) is 43.7 Å². The average Bonchev–Trinajstić information content (AvgIpc) is 2.92. The number of carbonyl (C=O) groups excluding carboxylic acids is 1. The summed E-state index contributed by atoms with van der Waals surface area (Å²) in [4.78, 5) is 14.9. The SMILES string of the molecule is CCn1cc(CC(=O)N2CC(COC)OC(C)(C)C2)c2ccccc21. The van der Waals surface area contributed by atoms with Crippen LogP contribution >= 0.6 is 0 Å². The largest absolute Gasteiger partial charge is 0.382 e. The summed E-state index contributed by atoms with van der Waals surface area (Å²) in [6.07, 6.45) is 2.46. The molecular weight excluding hydrogens is 316 g/mol. The van der Waals surface area contributed by atoms with Gasteiger partial charge in [0, 0.05) is 43.8 Å². The highest BCUT2D eigenvalue weighted by molar-refractivity contribution is 5.89. The number of hydrogen-bond donors (Lipinski definition) is 0. The minimum Gasteiger partial charge on any atom is -0.382 e. The van der Waals surface area contributed by atoms with Gasteiger partial charge >= 0.3 is 0 Å². The van der Waals surface area contributed by atoms with Gasteiger partial charge in [0.05, 0.1) is 24.7 Å². The van der Waals surface area contributed by atoms with E-state index in [4.69, 9.17) is 9.47 Å². The zero-order chi connectivity index (χ0) is 18.0. The molecule has 1 amide bonds. The van der Waals surface area contributed by atoms with Gasteiger partial charge in [-0.2, -0.15) is 0 Å². The highest BCUT2D eigenvalue weighted by Gasteiger charge is 2.35. The van der Waals surface area contributed by atoms with Crippen LogP contribution in [0.15, 0.2) is 30.5 Å². The number of aryl methyl sites for hydroxylation is 1. The second-order valence-electron chi connectivity index (χ2n) is 7.36. The summed E-state index contributed by atoms with van der Waals surface area (Å²) >= 11 is 0. The van der Waals surface area contributed by atoms with E-state index in [-0.39, 0.29) is 17.6 Å². The van der Waals surface area contributed by atoms with E-state index in [1.54, 1.807) is 7.11 Å². The first-order chi connectivity index (χ1) is 11.9. The van der Waals surface area contributed by atoms with Gasteiger partial charge in [-0.05, 0) is 32.4 Å². The number of ether oxygens (including phenoxy) is 2. The lowest BCUT2D eigenvalue weighted by molar-refractivity contribution is -0.168. The number of aromatic nitrogens is 1. The van der Waals surface area contributed by atoms with Gasteiger partial charge in [0.25, 0.3) is 0 Å². The number of amides is 1. The summed E-state index contributed by atoms with van der Waals surface area (Å²) in [6, 6.07) is 8.28. The molecule has 5 nitrogen and oxygen atoms in total. The summed E-state index contributed by atoms with van der Waals surface area (Å²) < 4.78 is 13.4. The number of hydrogen-bond acceptors (Lipinski definition) is 3. The molecule has 1 aliphatic heterocycles. The molecule has 0 spiro atoms. The van der Waals surface area contributed by atoms with Gasteiger partial charge in [-0.3, -0.25) is 4.79 Å². The van der Waals surface area contributed by atoms with Gasteiger partial charge < -0.3 is 18.9 Å². The smallest absolute Gasteiger partial charge is 0.227 e. The molecule has 0 bridgehead atoms. The van der Waals surface area contributed by atoms with Crippen molar-refractivity contribution in [1.29, 1.82) is 0 Å². The van der Waals surface area contributed by atoms with Crippen molar-refractivity contribution < 1.29 is 14.3 Å². The van der Waals surface area contributed by atoms with Crippen molar-refractivity contribution in [1.82, 2.24) is 9.47 Å². The fourth-order valence-corrected chi connectivity index (χ4v) is 3.76. The number of methoxy groups -OCH3 is 1. The average molecular weight is 344 g/mol. The van der Waals surface area contributed by atoms with Gasteiger partial charge in [-0.1, -0.05) is 18.2 Å². The Morgan fingerprint density at radius 3 is 2.84 bits per heavy atom. The zero-order valence-corrected chi connectivity index (χ0v) is 15.6. The van der Waals surface area contributed by atoms with Gasteiger partial charge in [-0.25, -0.2) is 0 Å². The third kappa shape index (κ3) is 3.88. The van der Waals surface area contributed by atoms with E-state index in [0.29, 0.717) is 26.1 Å². The Morgan fingerprint density at radius 1 is 1.36 bits per heavy atom. The number of morpholine rings is 1. The first-order valence-corrected chi connectivity index (χ1v) is 8.95. The lowest BCUT2D eigenvalue weighted by atomic mass is 10.0. The van der Waals surface area contributed by atoms with Crippen molar-refractivity contribution in [2.75, 3.05) is 26.8 Å². The molecule has 0 radical (unpaired) electrons. The van der Waals surface area contributed by atoms with Crippen LogP contribution in [0.2, 0.25) is 0 Å². The van der Waals surface area contributed by atoms with Crippen molar-refractivity contribution in [2.45, 2.75) is 45.4 Å². The molecule has 2 heterocycles. The standard InChI is InChI=1S/C20H28N2O3/c1-5-21-11-15(17-8-6-7-9-18(17)21)10-19(23)22-12-16(13-24-4)25-20(2,3)14-22/h6-9,11,16H,5,10,12-14H2,1-4H3. The second kappa shape index (κ2) is 7.18. The molecule has 1 aromatic carbocycles. The van der Waals surface area contributed by atoms with Crippen molar-refractivity contribution in [3.05, 3.63) is 36.0 Å². The molecule has 1 unspecified atom stereocenters. The maximum absolute atomic E-state index is 13.0. The molecule has 1 aliphatic rings. The first kappa shape index (κ1) is 18.0. The summed E-state index contributed by atoms with van der Waals surface area (Å²) in [6.45, 7) is 8.77. The maximum Gasteiger partial charge on any atom is 0.227 e. The van der Waals surface area contributed by atoms with Crippen LogP contribution in [0.25, 0.3) is 10.9 Å². The predicted molar refractivity (Wildman–Crippen MR) is 98.7 cm³/mol. The van der Waals surface area contributed by atoms with Crippen LogP contribution in [-0.4, -0.2) is 53.9 Å². The maximum atomic E-state index is 13.0. The van der Waals surface area contributed by atoms with Crippen LogP contribution in [-0.2, 0) is 27.2 Å². The third-order valence-corrected chi connectivity index (χ3v) is 4.74. The molecule has 1 atom stereocenters. The Morgan fingerprint density at radius 2 is 2.12 bits per heavy atom. The molecule has 1 saturated heterocycles. The molecular formula is C20H28N2O3. The Kier molecular flexibility index (Phi) is 5.16. The van der Waals surface area contributed by atoms with Crippen molar-refractivity contribution in [2.24, 2.45) is 0 Å². The molecule has 0 N–H and O–H groups in total. The quantitative estimate of drug-likeness (QED) is 0.838. The molecule has 0 saturated carbocycles. The monoisotopic (exact) mass is 344 g/mol. The predicted octanol–water partition coefficient (Wildman–Crippen LogP) is 2.86. The van der Waals surface area contributed by atoms with Crippen LogP contribution in [0.4, 0.5) is 0 Å². The summed E-state index contributed by atoms with van der Waals surface area (Å²) in [7, 11) is 1.66. The second-order valence-corrected chi connectivity index (χ2v) is 7.36. The van der Waals surface area contributed by atoms with E-state index in [9.17, 15) is 4.79 Å². The van der Waals surface area contributed by atoms with Gasteiger partial charge in [0.1, 0.15) is 0 Å². The third-order valence-electron chi connectivity index (χ3n) is 4.74. The van der Waals surface area contributed by atoms with Crippen molar-refractivity contribution in [3.63, 3.8) is 0 Å². The molecule has 1 aromatic heterocycles. The lowest BCUT2D eigenvalue weighted by Crippen LogP contribution is -2.56. The number of benzene rings is 1. The molecule has 3 rings (SSSR count). The fourth-order valence-electron chi connectivity index (χ4n) is 3.76. The van der Waals surface area contributed by atoms with Crippen LogP contribution in [0.1, 0.15) is 26.3 Å². The van der Waals surface area contributed by atoms with Crippen LogP contribution in [0, 0.1) is 0 Å². The first-order valence-electron chi connectivity index (χ1n) is 8.95. The molecule has 25 heavy (non-hydrogen) atoms. The summed E-state index contributed by atoms with van der Waals surface area (Å²) in [5.41, 5.74) is 1.93. The number of rotatable bonds is 5. The van der Waals surface area contributed by atoms with Crippen LogP contribution < -0.4 is 0 Å². The summed E-state index contributed by atoms with van der Waals surface area (Å²) in [5, 5.41) is 1.17. The lowest BCUT2D eigenvalue weighted by Gasteiger charge is -2.42. The van der Waals surface area contributed by atoms with Crippen molar-refractivity contribution >= 4 is 16.8 Å². The molecule has 5 heteroatoms. The molecule has 1 fully saturated rings. The molecule has 0 aliphatic carbocycles. The van der Waals surface area contributed by atoms with Gasteiger partial charge in [0.15, 0.2) is 0 Å². The van der Waals surface area contributed by atoms with E-state index >= 15 is 0 Å². The van der Waals surface area contributed by atoms with E-state index in [1.807, 2.05) is 30.9 Å². The number of carbonyl (C=O) groups is 1. The Balaban J connectivity index is 1.80. The van der Waals surface area contributed by atoms with Crippen LogP contribution in [0.5, 0.6) is 0 Å². The van der Waals surface area contributed by atoms with E-state index < -0.39 is 0 Å². The number of nitrogens with zero attached hydrogens (tertiary/aromatic N) is 2. The molecule has 2 aromatic rings. The summed E-state index contributed by atoms with van der Waals surface area (Å²) in [5.74, 6) is 0.150. The van der Waals surface area contributed by atoms with Crippen molar-refractivity contribution in [3.8, 4) is 0 Å². The normalized spacial score (nSPS) is 20.2. The minimum absolute atomic E-state index is 0.0744. The highest BCUT2D eigenvalue weighted by atomic mass is 16.5. The van der Waals surface area contributed by atoms with E-state index in [1.165, 1.54) is 10.9 Å². The zero-order valence-electron chi connectivity index (χ0n) is 15.6. The fraction of sp³-hybridized carbons (Fsp3) is 0.550. The Hall–Kier alpha value is -1.85. The molecule has 136 valence electrons. The van der Waals surface area contributed by atoms with E-state index in [0.717, 1.165) is 12.1 Å². The Bertz CT molecular complexity index is 750. The van der Waals surface area contributed by atoms with E-state index in [2.05, 4.69) is 29.8 Å². The highest BCUT2D eigenvalue weighted by Crippen LogP contribution is 2.25. The van der Waals surface area contributed by atoms with Gasteiger partial charge in [0.2, 0.25) is 5.91 Å². The minimum atomic E-state index is -0.353. The Labute approximate surface area is 149 Å². The van der Waals surface area contributed by atoms with Gasteiger partial charge in [-0.15, -0.1) is 0 Å². The number of para-hydroxylation sites is 1. The van der Waals surface area contributed by atoms with Crippen LogP contribution in [0.3, 0.4) is 0 Å². The number of fused-ring (bicyclic) bond motifs is 1.